The molecule has 0 spiro atoms. The maximum atomic E-state index is 13.8. The highest BCUT2D eigenvalue weighted by atomic mass is 79.9. The van der Waals surface area contributed by atoms with E-state index >= 15 is 0 Å². The highest BCUT2D eigenvalue weighted by molar-refractivity contribution is 9.10. The summed E-state index contributed by atoms with van der Waals surface area (Å²) in [5, 5.41) is 10.2. The quantitative estimate of drug-likeness (QED) is 0.913. The normalized spacial score (nSPS) is 12.6. The molecule has 3 nitrogen and oxygen atoms in total. The molecule has 1 unspecified atom stereocenters. The molecule has 0 saturated carbocycles. The van der Waals surface area contributed by atoms with Gasteiger partial charge in [-0.05, 0) is 18.6 Å². The number of aromatic nitrogens is 2. The van der Waals surface area contributed by atoms with Crippen molar-refractivity contribution in [3.05, 3.63) is 52.3 Å². The first-order valence-corrected chi connectivity index (χ1v) is 7.04. The van der Waals surface area contributed by atoms with Gasteiger partial charge in [0.15, 0.2) is 0 Å². The second-order valence-electron chi connectivity index (χ2n) is 4.39. The van der Waals surface area contributed by atoms with Crippen molar-refractivity contribution < 1.29 is 9.50 Å². The number of aliphatic hydroxyl groups excluding tert-OH is 1. The average molecular weight is 327 g/mol. The molecule has 1 aromatic heterocycles. The lowest BCUT2D eigenvalue weighted by Crippen LogP contribution is -2.10. The van der Waals surface area contributed by atoms with Crippen LogP contribution in [0.1, 0.15) is 30.8 Å². The van der Waals surface area contributed by atoms with Crippen LogP contribution >= 0.6 is 15.9 Å². The summed E-state index contributed by atoms with van der Waals surface area (Å²) < 4.78 is 16.3. The number of nitrogens with zero attached hydrogens (tertiary/aromatic N) is 2. The van der Waals surface area contributed by atoms with E-state index in [1.165, 1.54) is 6.07 Å². The Balaban J connectivity index is 2.21. The lowest BCUT2D eigenvalue weighted by Gasteiger charge is -2.14. The molecule has 0 fully saturated rings. The summed E-state index contributed by atoms with van der Waals surface area (Å²) >= 11 is 3.27. The molecule has 0 amide bonds. The fraction of sp³-hybridized carbons (Fsp3) is 0.357. The first-order chi connectivity index (χ1) is 9.13. The van der Waals surface area contributed by atoms with Gasteiger partial charge in [0.05, 0.1) is 6.10 Å². The number of aliphatic hydroxyl groups is 1. The van der Waals surface area contributed by atoms with Crippen LogP contribution in [-0.4, -0.2) is 14.7 Å². The van der Waals surface area contributed by atoms with E-state index < -0.39 is 11.9 Å². The smallest absolute Gasteiger partial charge is 0.130 e. The van der Waals surface area contributed by atoms with Crippen molar-refractivity contribution >= 4 is 15.9 Å². The zero-order chi connectivity index (χ0) is 13.8. The molecular weight excluding hydrogens is 311 g/mol. The molecule has 0 bridgehead atoms. The Morgan fingerprint density at radius 1 is 1.47 bits per heavy atom. The summed E-state index contributed by atoms with van der Waals surface area (Å²) in [5.41, 5.74) is 0.286. The molecule has 0 radical (unpaired) electrons. The fourth-order valence-corrected chi connectivity index (χ4v) is 2.68. The summed E-state index contributed by atoms with van der Waals surface area (Å²) in [6.45, 7) is 2.92. The van der Waals surface area contributed by atoms with Crippen LogP contribution in [0, 0.1) is 5.82 Å². The van der Waals surface area contributed by atoms with E-state index in [0.29, 0.717) is 10.9 Å². The number of benzene rings is 1. The first-order valence-electron chi connectivity index (χ1n) is 6.25. The van der Waals surface area contributed by atoms with Gasteiger partial charge in [-0.2, -0.15) is 0 Å². The van der Waals surface area contributed by atoms with E-state index in [2.05, 4.69) is 27.8 Å². The van der Waals surface area contributed by atoms with Crippen molar-refractivity contribution in [1.82, 2.24) is 9.55 Å². The third-order valence-electron chi connectivity index (χ3n) is 2.98. The second kappa shape index (κ2) is 6.30. The standard InChI is InChI=1S/C14H16BrFN2O/c1-2-7-18-8-6-17-13(18)9-12(19)14-10(15)4-3-5-11(14)16/h3-6,8,12,19H,2,7,9H2,1H3. The molecule has 0 saturated heterocycles. The van der Waals surface area contributed by atoms with Crippen molar-refractivity contribution in [3.63, 3.8) is 0 Å². The molecular formula is C14H16BrFN2O. The van der Waals surface area contributed by atoms with E-state index in [-0.39, 0.29) is 5.56 Å². The maximum Gasteiger partial charge on any atom is 0.130 e. The molecule has 5 heteroatoms. The van der Waals surface area contributed by atoms with Crippen molar-refractivity contribution in [2.45, 2.75) is 32.4 Å². The van der Waals surface area contributed by atoms with E-state index in [4.69, 9.17) is 0 Å². The van der Waals surface area contributed by atoms with E-state index in [0.717, 1.165) is 18.8 Å². The summed E-state index contributed by atoms with van der Waals surface area (Å²) in [6, 6.07) is 4.68. The molecule has 1 atom stereocenters. The fourth-order valence-electron chi connectivity index (χ4n) is 2.08. The van der Waals surface area contributed by atoms with Crippen molar-refractivity contribution in [1.29, 1.82) is 0 Å². The van der Waals surface area contributed by atoms with Gasteiger partial charge in [-0.15, -0.1) is 0 Å². The predicted molar refractivity (Wildman–Crippen MR) is 75.3 cm³/mol. The van der Waals surface area contributed by atoms with E-state index in [1.807, 2.05) is 10.8 Å². The molecule has 1 aromatic carbocycles. The van der Waals surface area contributed by atoms with Crippen LogP contribution in [0.3, 0.4) is 0 Å². The minimum Gasteiger partial charge on any atom is -0.388 e. The van der Waals surface area contributed by atoms with Crippen LogP contribution in [-0.2, 0) is 13.0 Å². The maximum absolute atomic E-state index is 13.8. The molecule has 2 rings (SSSR count). The third-order valence-corrected chi connectivity index (χ3v) is 3.67. The van der Waals surface area contributed by atoms with Crippen LogP contribution < -0.4 is 0 Å². The lowest BCUT2D eigenvalue weighted by atomic mass is 10.1. The Hall–Kier alpha value is -1.20. The van der Waals surface area contributed by atoms with Gasteiger partial charge in [0.2, 0.25) is 0 Å². The molecule has 2 aromatic rings. The Labute approximate surface area is 120 Å². The SMILES string of the molecule is CCCn1ccnc1CC(O)c1c(F)cccc1Br. The molecule has 19 heavy (non-hydrogen) atoms. The number of rotatable bonds is 5. The van der Waals surface area contributed by atoms with Crippen molar-refractivity contribution in [2.24, 2.45) is 0 Å². The van der Waals surface area contributed by atoms with Crippen molar-refractivity contribution in [2.75, 3.05) is 0 Å². The molecule has 0 aliphatic heterocycles. The predicted octanol–water partition coefficient (Wildman–Crippen LogP) is 3.47. The Morgan fingerprint density at radius 3 is 2.95 bits per heavy atom. The Bertz CT molecular complexity index is 536. The summed E-state index contributed by atoms with van der Waals surface area (Å²) in [5.74, 6) is 0.361. The van der Waals surface area contributed by atoms with Gasteiger partial charge in [0.1, 0.15) is 11.6 Å². The van der Waals surface area contributed by atoms with Crippen LogP contribution in [0.2, 0.25) is 0 Å². The molecule has 0 aliphatic rings. The zero-order valence-electron chi connectivity index (χ0n) is 10.7. The largest absolute Gasteiger partial charge is 0.388 e. The summed E-state index contributed by atoms with van der Waals surface area (Å²) in [7, 11) is 0. The number of hydrogen-bond donors (Lipinski definition) is 1. The minimum absolute atomic E-state index is 0.286. The van der Waals surface area contributed by atoms with Gasteiger partial charge < -0.3 is 9.67 Å². The van der Waals surface area contributed by atoms with Crippen LogP contribution in [0.4, 0.5) is 4.39 Å². The zero-order valence-corrected chi connectivity index (χ0v) is 12.3. The van der Waals surface area contributed by atoms with E-state index in [9.17, 15) is 9.50 Å². The highest BCUT2D eigenvalue weighted by Crippen LogP contribution is 2.28. The van der Waals surface area contributed by atoms with Gasteiger partial charge in [0.25, 0.3) is 0 Å². The third kappa shape index (κ3) is 3.22. The van der Waals surface area contributed by atoms with Gasteiger partial charge in [-0.3, -0.25) is 0 Å². The minimum atomic E-state index is -0.909. The number of imidazole rings is 1. The average Bonchev–Trinajstić information content (AvgIpc) is 2.77. The van der Waals surface area contributed by atoms with Crippen LogP contribution in [0.25, 0.3) is 0 Å². The topological polar surface area (TPSA) is 38.0 Å². The van der Waals surface area contributed by atoms with Crippen LogP contribution in [0.5, 0.6) is 0 Å². The second-order valence-corrected chi connectivity index (χ2v) is 5.25. The molecule has 1 N–H and O–H groups in total. The number of hydrogen-bond acceptors (Lipinski definition) is 2. The molecule has 1 heterocycles. The molecule has 0 aliphatic carbocycles. The molecule has 102 valence electrons. The number of halogens is 2. The van der Waals surface area contributed by atoms with Gasteiger partial charge in [0, 0.05) is 35.4 Å². The summed E-state index contributed by atoms with van der Waals surface area (Å²) in [4.78, 5) is 4.22. The highest BCUT2D eigenvalue weighted by Gasteiger charge is 2.18. The number of aryl methyl sites for hydroxylation is 1. The lowest BCUT2D eigenvalue weighted by molar-refractivity contribution is 0.169. The van der Waals surface area contributed by atoms with Crippen molar-refractivity contribution in [3.8, 4) is 0 Å². The van der Waals surface area contributed by atoms with Gasteiger partial charge in [-0.1, -0.05) is 28.9 Å². The first kappa shape index (κ1) is 14.2. The summed E-state index contributed by atoms with van der Waals surface area (Å²) in [6.07, 6.45) is 3.96. The Kier molecular flexibility index (Phi) is 4.71. The Morgan fingerprint density at radius 2 is 2.26 bits per heavy atom. The van der Waals surface area contributed by atoms with Gasteiger partial charge >= 0.3 is 0 Å². The monoisotopic (exact) mass is 326 g/mol. The van der Waals surface area contributed by atoms with Crippen LogP contribution in [0.15, 0.2) is 35.1 Å². The van der Waals surface area contributed by atoms with Gasteiger partial charge in [-0.25, -0.2) is 9.37 Å². The van der Waals surface area contributed by atoms with E-state index in [1.54, 1.807) is 18.3 Å².